The van der Waals surface area contributed by atoms with Gasteiger partial charge in [0, 0.05) is 44.6 Å². The van der Waals surface area contributed by atoms with E-state index >= 15 is 0 Å². The molecule has 3 aromatic rings. The van der Waals surface area contributed by atoms with Crippen LogP contribution in [-0.2, 0) is 10.0 Å². The van der Waals surface area contributed by atoms with Gasteiger partial charge in [0.15, 0.2) is 5.82 Å². The zero-order valence-electron chi connectivity index (χ0n) is 15.6. The minimum atomic E-state index is -3.88. The first-order valence-corrected chi connectivity index (χ1v) is 10.3. The van der Waals surface area contributed by atoms with Crippen molar-refractivity contribution in [2.45, 2.75) is 4.90 Å². The topological polar surface area (TPSA) is 93.5 Å². The Morgan fingerprint density at radius 2 is 1.83 bits per heavy atom. The molecule has 1 aromatic carbocycles. The molecule has 11 heteroatoms. The molecule has 4 rings (SSSR count). The van der Waals surface area contributed by atoms with Gasteiger partial charge in [0.05, 0.1) is 7.11 Å². The number of methoxy groups -OCH3 is 1. The van der Waals surface area contributed by atoms with Gasteiger partial charge >= 0.3 is 0 Å². The van der Waals surface area contributed by atoms with Crippen molar-refractivity contribution in [2.24, 2.45) is 0 Å². The summed E-state index contributed by atoms with van der Waals surface area (Å²) in [4.78, 5) is 10.3. The molecule has 29 heavy (non-hydrogen) atoms. The normalized spacial score (nSPS) is 15.4. The largest absolute Gasteiger partial charge is 0.495 e. The summed E-state index contributed by atoms with van der Waals surface area (Å²) < 4.78 is 47.7. The van der Waals surface area contributed by atoms with Crippen LogP contribution in [0.1, 0.15) is 0 Å². The summed E-state index contributed by atoms with van der Waals surface area (Å²) in [6, 6.07) is 7.07. The fourth-order valence-corrected chi connectivity index (χ4v) is 4.78. The van der Waals surface area contributed by atoms with Crippen molar-refractivity contribution in [3.63, 3.8) is 0 Å². The van der Waals surface area contributed by atoms with Gasteiger partial charge in [0.2, 0.25) is 10.0 Å². The first-order valence-electron chi connectivity index (χ1n) is 8.90. The predicted molar refractivity (Wildman–Crippen MR) is 103 cm³/mol. The van der Waals surface area contributed by atoms with Gasteiger partial charge in [-0.15, -0.1) is 0 Å². The molecule has 3 heterocycles. The Kier molecular flexibility index (Phi) is 5.16. The first kappa shape index (κ1) is 19.3. The van der Waals surface area contributed by atoms with E-state index in [2.05, 4.69) is 15.1 Å². The van der Waals surface area contributed by atoms with Crippen molar-refractivity contribution < 1.29 is 17.5 Å². The average molecular weight is 418 g/mol. The lowest BCUT2D eigenvalue weighted by molar-refractivity contribution is 0.372. The number of aromatic nitrogens is 4. The zero-order chi connectivity index (χ0) is 20.4. The maximum absolute atomic E-state index is 13.7. The van der Waals surface area contributed by atoms with E-state index in [0.717, 1.165) is 6.07 Å². The van der Waals surface area contributed by atoms with E-state index in [0.29, 0.717) is 24.7 Å². The molecule has 0 bridgehead atoms. The molecule has 0 amide bonds. The maximum Gasteiger partial charge on any atom is 0.246 e. The van der Waals surface area contributed by atoms with Crippen LogP contribution in [0.4, 0.5) is 10.2 Å². The molecule has 2 aromatic heterocycles. The highest BCUT2D eigenvalue weighted by Crippen LogP contribution is 2.28. The molecular formula is C18H19FN6O3S. The lowest BCUT2D eigenvalue weighted by Crippen LogP contribution is -2.49. The van der Waals surface area contributed by atoms with Crippen LogP contribution in [0.5, 0.6) is 5.75 Å². The summed E-state index contributed by atoms with van der Waals surface area (Å²) in [5.74, 6) is 0.800. The Labute approximate surface area is 167 Å². The summed E-state index contributed by atoms with van der Waals surface area (Å²) in [7, 11) is -2.52. The molecule has 1 fully saturated rings. The molecule has 1 saturated heterocycles. The van der Waals surface area contributed by atoms with E-state index in [4.69, 9.17) is 4.74 Å². The van der Waals surface area contributed by atoms with Crippen molar-refractivity contribution in [2.75, 3.05) is 38.2 Å². The fourth-order valence-electron chi connectivity index (χ4n) is 3.19. The van der Waals surface area contributed by atoms with Gasteiger partial charge in [-0.1, -0.05) is 0 Å². The number of hydrogen-bond donors (Lipinski definition) is 0. The van der Waals surface area contributed by atoms with E-state index in [1.54, 1.807) is 29.2 Å². The molecule has 0 spiro atoms. The second kappa shape index (κ2) is 7.76. The van der Waals surface area contributed by atoms with Crippen molar-refractivity contribution >= 4 is 15.8 Å². The number of anilines is 1. The van der Waals surface area contributed by atoms with E-state index in [9.17, 15) is 12.8 Å². The molecular weight excluding hydrogens is 399 g/mol. The highest BCUT2D eigenvalue weighted by atomic mass is 32.2. The summed E-state index contributed by atoms with van der Waals surface area (Å²) >= 11 is 0. The van der Waals surface area contributed by atoms with E-state index in [1.165, 1.54) is 29.9 Å². The van der Waals surface area contributed by atoms with E-state index in [-0.39, 0.29) is 23.7 Å². The lowest BCUT2D eigenvalue weighted by atomic mass is 10.3. The average Bonchev–Trinajstić information content (AvgIpc) is 3.29. The number of benzene rings is 1. The van der Waals surface area contributed by atoms with Crippen LogP contribution in [0.25, 0.3) is 5.82 Å². The van der Waals surface area contributed by atoms with Gasteiger partial charge in [-0.25, -0.2) is 27.5 Å². The van der Waals surface area contributed by atoms with Crippen LogP contribution >= 0.6 is 0 Å². The lowest BCUT2D eigenvalue weighted by Gasteiger charge is -2.34. The highest BCUT2D eigenvalue weighted by Gasteiger charge is 2.31. The van der Waals surface area contributed by atoms with Crippen molar-refractivity contribution in [3.05, 3.63) is 54.9 Å². The molecule has 1 aliphatic rings. The Morgan fingerprint density at radius 3 is 2.52 bits per heavy atom. The number of piperazine rings is 1. The molecule has 152 valence electrons. The third-order valence-electron chi connectivity index (χ3n) is 4.68. The zero-order valence-corrected chi connectivity index (χ0v) is 16.5. The summed E-state index contributed by atoms with van der Waals surface area (Å²) in [5, 5.41) is 4.15. The Balaban J connectivity index is 1.51. The van der Waals surface area contributed by atoms with Gasteiger partial charge < -0.3 is 9.64 Å². The molecule has 0 atom stereocenters. The quantitative estimate of drug-likeness (QED) is 0.617. The Hall–Kier alpha value is -3.05. The molecule has 0 N–H and O–H groups in total. The number of ether oxygens (including phenoxy) is 1. The molecule has 0 aliphatic carbocycles. The van der Waals surface area contributed by atoms with Crippen LogP contribution in [-0.4, -0.2) is 65.8 Å². The predicted octanol–water partition coefficient (Wildman–Crippen LogP) is 1.32. The fraction of sp³-hybridized carbons (Fsp3) is 0.278. The van der Waals surface area contributed by atoms with Crippen LogP contribution < -0.4 is 9.64 Å². The third-order valence-corrected chi connectivity index (χ3v) is 6.60. The van der Waals surface area contributed by atoms with Gasteiger partial charge in [-0.05, 0) is 24.3 Å². The number of sulfonamides is 1. The SMILES string of the molecule is COc1ccc(F)cc1S(=O)(=O)N1CCN(c2cc(-n3cccn3)ncn2)CC1. The number of hydrogen-bond acceptors (Lipinski definition) is 7. The van der Waals surface area contributed by atoms with Gasteiger partial charge in [-0.2, -0.15) is 9.40 Å². The number of halogens is 1. The first-order chi connectivity index (χ1) is 14.0. The van der Waals surface area contributed by atoms with Crippen molar-refractivity contribution in [3.8, 4) is 11.6 Å². The highest BCUT2D eigenvalue weighted by molar-refractivity contribution is 7.89. The van der Waals surface area contributed by atoms with Gasteiger partial charge in [0.1, 0.15) is 28.6 Å². The molecule has 0 saturated carbocycles. The maximum atomic E-state index is 13.7. The standard InChI is InChI=1S/C18H19FN6O3S/c1-28-15-4-3-14(19)11-16(15)29(26,27)24-9-7-23(8-10-24)17-12-18(21-13-20-17)25-6-2-5-22-25/h2-6,11-13H,7-10H2,1H3. The van der Waals surface area contributed by atoms with Gasteiger partial charge in [-0.3, -0.25) is 0 Å². The summed E-state index contributed by atoms with van der Waals surface area (Å²) in [5.41, 5.74) is 0. The van der Waals surface area contributed by atoms with Crippen LogP contribution in [0, 0.1) is 5.82 Å². The van der Waals surface area contributed by atoms with Crippen LogP contribution in [0.3, 0.4) is 0 Å². The van der Waals surface area contributed by atoms with Crippen molar-refractivity contribution in [1.82, 2.24) is 24.1 Å². The second-order valence-electron chi connectivity index (χ2n) is 6.37. The molecule has 1 aliphatic heterocycles. The smallest absolute Gasteiger partial charge is 0.246 e. The Morgan fingerprint density at radius 1 is 1.07 bits per heavy atom. The molecule has 9 nitrogen and oxygen atoms in total. The van der Waals surface area contributed by atoms with Crippen LogP contribution in [0.15, 0.2) is 53.9 Å². The van der Waals surface area contributed by atoms with E-state index in [1.807, 2.05) is 4.90 Å². The molecule has 0 unspecified atom stereocenters. The van der Waals surface area contributed by atoms with E-state index < -0.39 is 15.8 Å². The minimum Gasteiger partial charge on any atom is -0.495 e. The number of nitrogens with zero attached hydrogens (tertiary/aromatic N) is 6. The third kappa shape index (κ3) is 3.78. The summed E-state index contributed by atoms with van der Waals surface area (Å²) in [6.45, 7) is 1.35. The van der Waals surface area contributed by atoms with Crippen LogP contribution in [0.2, 0.25) is 0 Å². The molecule has 0 radical (unpaired) electrons. The monoisotopic (exact) mass is 418 g/mol. The second-order valence-corrected chi connectivity index (χ2v) is 8.28. The van der Waals surface area contributed by atoms with Gasteiger partial charge in [0.25, 0.3) is 0 Å². The summed E-state index contributed by atoms with van der Waals surface area (Å²) in [6.07, 6.45) is 4.89. The number of rotatable bonds is 5. The Bertz CT molecular complexity index is 1100. The van der Waals surface area contributed by atoms with Crippen molar-refractivity contribution in [1.29, 1.82) is 0 Å². The minimum absolute atomic E-state index is 0.119.